The first-order chi connectivity index (χ1) is 10.5. The van der Waals surface area contributed by atoms with Crippen LogP contribution in [0.2, 0.25) is 0 Å². The second-order valence-electron chi connectivity index (χ2n) is 5.05. The molecule has 1 amide bonds. The van der Waals surface area contributed by atoms with E-state index in [-0.39, 0.29) is 23.4 Å². The minimum Gasteiger partial charge on any atom is -0.325 e. The Labute approximate surface area is 132 Å². The number of halogens is 1. The van der Waals surface area contributed by atoms with Crippen molar-refractivity contribution in [3.05, 3.63) is 64.2 Å². The zero-order valence-corrected chi connectivity index (χ0v) is 12.5. The maximum Gasteiger partial charge on any atom is 0.239 e. The van der Waals surface area contributed by atoms with E-state index >= 15 is 0 Å². The van der Waals surface area contributed by atoms with Gasteiger partial charge in [-0.25, -0.2) is 0 Å². The molecule has 0 saturated heterocycles. The number of hydrogen-bond donors (Lipinski definition) is 1. The average molecular weight is 314 g/mol. The Morgan fingerprint density at radius 2 is 1.64 bits per heavy atom. The van der Waals surface area contributed by atoms with Gasteiger partial charge >= 0.3 is 0 Å². The first kappa shape index (κ1) is 14.5. The van der Waals surface area contributed by atoms with Crippen LogP contribution in [0, 0.1) is 6.92 Å². The molecule has 0 heterocycles. The van der Waals surface area contributed by atoms with Crippen LogP contribution in [0.3, 0.4) is 0 Å². The van der Waals surface area contributed by atoms with E-state index in [0.29, 0.717) is 33.5 Å². The minimum atomic E-state index is -0.361. The topological polar surface area (TPSA) is 63.2 Å². The highest BCUT2D eigenvalue weighted by molar-refractivity contribution is 6.30. The summed E-state index contributed by atoms with van der Waals surface area (Å²) in [5.74, 6) is -0.917. The SMILES string of the molecule is Cc1c(NC(=O)CCl)ccc2c1C(=O)c1ccccc1C2=O. The number of anilines is 1. The Balaban J connectivity index is 2.17. The van der Waals surface area contributed by atoms with E-state index in [1.807, 2.05) is 0 Å². The van der Waals surface area contributed by atoms with E-state index in [4.69, 9.17) is 11.6 Å². The zero-order chi connectivity index (χ0) is 15.9. The predicted molar refractivity (Wildman–Crippen MR) is 83.8 cm³/mol. The van der Waals surface area contributed by atoms with Crippen molar-refractivity contribution in [3.8, 4) is 0 Å². The quantitative estimate of drug-likeness (QED) is 0.740. The summed E-state index contributed by atoms with van der Waals surface area (Å²) in [6.07, 6.45) is 0. The summed E-state index contributed by atoms with van der Waals surface area (Å²) in [4.78, 5) is 36.7. The van der Waals surface area contributed by atoms with Gasteiger partial charge < -0.3 is 5.32 Å². The van der Waals surface area contributed by atoms with Crippen LogP contribution in [0.5, 0.6) is 0 Å². The van der Waals surface area contributed by atoms with Crippen LogP contribution >= 0.6 is 11.6 Å². The average Bonchev–Trinajstić information content (AvgIpc) is 2.54. The number of rotatable bonds is 2. The monoisotopic (exact) mass is 313 g/mol. The van der Waals surface area contributed by atoms with Gasteiger partial charge in [-0.1, -0.05) is 24.3 Å². The number of fused-ring (bicyclic) bond motifs is 2. The molecule has 22 heavy (non-hydrogen) atoms. The Kier molecular flexibility index (Phi) is 3.54. The van der Waals surface area contributed by atoms with E-state index in [9.17, 15) is 14.4 Å². The van der Waals surface area contributed by atoms with Gasteiger partial charge in [0.05, 0.1) is 0 Å². The molecular formula is C17H12ClNO3. The third-order valence-corrected chi connectivity index (χ3v) is 3.99. The minimum absolute atomic E-state index is 0.174. The molecule has 0 unspecified atom stereocenters. The van der Waals surface area contributed by atoms with Crippen LogP contribution in [0.1, 0.15) is 37.4 Å². The number of carbonyl (C=O) groups is 3. The van der Waals surface area contributed by atoms with Gasteiger partial charge in [0.15, 0.2) is 11.6 Å². The van der Waals surface area contributed by atoms with Gasteiger partial charge in [0.1, 0.15) is 5.88 Å². The summed E-state index contributed by atoms with van der Waals surface area (Å²) in [6, 6.07) is 9.94. The Morgan fingerprint density at radius 3 is 2.27 bits per heavy atom. The van der Waals surface area contributed by atoms with Gasteiger partial charge in [0, 0.05) is 27.9 Å². The summed E-state index contributed by atoms with van der Waals surface area (Å²) in [6.45, 7) is 1.71. The number of nitrogens with one attached hydrogen (secondary N) is 1. The van der Waals surface area contributed by atoms with Crippen LogP contribution < -0.4 is 5.32 Å². The van der Waals surface area contributed by atoms with Crippen LogP contribution in [0.25, 0.3) is 0 Å². The molecule has 0 aromatic heterocycles. The van der Waals surface area contributed by atoms with E-state index in [1.165, 1.54) is 0 Å². The standard InChI is InChI=1S/C17H12ClNO3/c1-9-13(19-14(20)8-18)7-6-12-15(9)17(22)11-5-3-2-4-10(11)16(12)21/h2-7H,8H2,1H3,(H,19,20). The lowest BCUT2D eigenvalue weighted by Gasteiger charge is -2.21. The van der Waals surface area contributed by atoms with Crippen molar-refractivity contribution in [2.24, 2.45) is 0 Å². The molecule has 0 atom stereocenters. The molecule has 4 nitrogen and oxygen atoms in total. The second kappa shape index (κ2) is 5.39. The van der Waals surface area contributed by atoms with Crippen molar-refractivity contribution < 1.29 is 14.4 Å². The number of amides is 1. The van der Waals surface area contributed by atoms with Crippen molar-refractivity contribution in [1.82, 2.24) is 0 Å². The first-order valence-corrected chi connectivity index (χ1v) is 7.26. The van der Waals surface area contributed by atoms with Gasteiger partial charge in [0.2, 0.25) is 5.91 Å². The molecule has 2 aromatic rings. The molecule has 1 aliphatic rings. The normalized spacial score (nSPS) is 12.6. The number of benzene rings is 2. The lowest BCUT2D eigenvalue weighted by atomic mass is 9.81. The van der Waals surface area contributed by atoms with E-state index < -0.39 is 0 Å². The van der Waals surface area contributed by atoms with Crippen molar-refractivity contribution in [2.45, 2.75) is 6.92 Å². The summed E-state index contributed by atoms with van der Waals surface area (Å²) in [7, 11) is 0. The van der Waals surface area contributed by atoms with Crippen LogP contribution in [-0.2, 0) is 4.79 Å². The van der Waals surface area contributed by atoms with Crippen molar-refractivity contribution in [1.29, 1.82) is 0 Å². The molecule has 2 aromatic carbocycles. The molecule has 0 fully saturated rings. The maximum atomic E-state index is 12.7. The molecular weight excluding hydrogens is 302 g/mol. The Bertz CT molecular complexity index is 827. The lowest BCUT2D eigenvalue weighted by Crippen LogP contribution is -2.23. The fourth-order valence-corrected chi connectivity index (χ4v) is 2.74. The van der Waals surface area contributed by atoms with Gasteiger partial charge in [-0.2, -0.15) is 0 Å². The van der Waals surface area contributed by atoms with Crippen LogP contribution in [-0.4, -0.2) is 23.4 Å². The number of hydrogen-bond acceptors (Lipinski definition) is 3. The summed E-state index contributed by atoms with van der Waals surface area (Å²) in [5.41, 5.74) is 2.58. The molecule has 0 radical (unpaired) electrons. The van der Waals surface area contributed by atoms with E-state index in [2.05, 4.69) is 5.32 Å². The number of ketones is 2. The summed E-state index contributed by atoms with van der Waals surface area (Å²) in [5, 5.41) is 2.63. The van der Waals surface area contributed by atoms with Gasteiger partial charge in [-0.15, -0.1) is 11.6 Å². The molecule has 5 heteroatoms. The Morgan fingerprint density at radius 1 is 1.00 bits per heavy atom. The zero-order valence-electron chi connectivity index (χ0n) is 11.8. The van der Waals surface area contributed by atoms with Gasteiger partial charge in [-0.3, -0.25) is 14.4 Å². The highest BCUT2D eigenvalue weighted by Gasteiger charge is 2.31. The third kappa shape index (κ3) is 2.12. The van der Waals surface area contributed by atoms with Crippen LogP contribution in [0.15, 0.2) is 36.4 Å². The third-order valence-electron chi connectivity index (χ3n) is 3.75. The smallest absolute Gasteiger partial charge is 0.239 e. The summed E-state index contributed by atoms with van der Waals surface area (Å²) < 4.78 is 0. The Hall–Kier alpha value is -2.46. The predicted octanol–water partition coefficient (Wildman–Crippen LogP) is 2.95. The molecule has 0 bridgehead atoms. The molecule has 0 saturated carbocycles. The molecule has 1 aliphatic carbocycles. The number of carbonyl (C=O) groups excluding carboxylic acids is 3. The van der Waals surface area contributed by atoms with E-state index in [1.54, 1.807) is 43.3 Å². The molecule has 0 spiro atoms. The maximum absolute atomic E-state index is 12.7. The molecule has 1 N–H and O–H groups in total. The fourth-order valence-electron chi connectivity index (χ4n) is 2.67. The lowest BCUT2D eigenvalue weighted by molar-refractivity contribution is -0.113. The number of alkyl halides is 1. The second-order valence-corrected chi connectivity index (χ2v) is 5.31. The van der Waals surface area contributed by atoms with E-state index in [0.717, 1.165) is 0 Å². The highest BCUT2D eigenvalue weighted by atomic mass is 35.5. The largest absolute Gasteiger partial charge is 0.325 e. The van der Waals surface area contributed by atoms with Crippen molar-refractivity contribution >= 4 is 34.8 Å². The summed E-state index contributed by atoms with van der Waals surface area (Å²) >= 11 is 5.48. The first-order valence-electron chi connectivity index (χ1n) is 6.72. The van der Waals surface area contributed by atoms with Gasteiger partial charge in [0.25, 0.3) is 0 Å². The van der Waals surface area contributed by atoms with Crippen molar-refractivity contribution in [2.75, 3.05) is 11.2 Å². The molecule has 0 aliphatic heterocycles. The van der Waals surface area contributed by atoms with Crippen LogP contribution in [0.4, 0.5) is 5.69 Å². The van der Waals surface area contributed by atoms with Crippen molar-refractivity contribution in [3.63, 3.8) is 0 Å². The fraction of sp³-hybridized carbons (Fsp3) is 0.118. The molecule has 110 valence electrons. The highest BCUT2D eigenvalue weighted by Crippen LogP contribution is 2.32. The van der Waals surface area contributed by atoms with Gasteiger partial charge in [-0.05, 0) is 24.6 Å². The molecule has 3 rings (SSSR count).